The number of amides is 1. The first-order chi connectivity index (χ1) is 8.33. The first-order valence-corrected chi connectivity index (χ1v) is 6.81. The van der Waals surface area contributed by atoms with Crippen molar-refractivity contribution in [1.29, 1.82) is 0 Å². The molecule has 1 amide bonds. The first kappa shape index (κ1) is 13.4. The highest BCUT2D eigenvalue weighted by Crippen LogP contribution is 2.66. The van der Waals surface area contributed by atoms with Crippen molar-refractivity contribution in [3.05, 3.63) is 0 Å². The molecule has 3 atom stereocenters. The van der Waals surface area contributed by atoms with E-state index in [0.29, 0.717) is 12.5 Å². The van der Waals surface area contributed by atoms with Gasteiger partial charge in [0.15, 0.2) is 0 Å². The van der Waals surface area contributed by atoms with Gasteiger partial charge in [0, 0.05) is 12.0 Å². The van der Waals surface area contributed by atoms with Crippen LogP contribution in [0.5, 0.6) is 0 Å². The van der Waals surface area contributed by atoms with E-state index in [1.165, 1.54) is 6.42 Å². The van der Waals surface area contributed by atoms with E-state index >= 15 is 0 Å². The normalized spacial score (nSPS) is 36.4. The smallest absolute Gasteiger partial charge is 0.397 e. The Balaban J connectivity index is 2.05. The second kappa shape index (κ2) is 4.25. The molecule has 0 spiro atoms. The summed E-state index contributed by atoms with van der Waals surface area (Å²) in [6.45, 7) is 8.93. The number of carbonyl (C=O) groups excluding carboxylic acids is 2. The standard InChI is InChI=1S/C14H23NO3/c1-5-15-11(16)12(17)18-10-8-9-6-7-14(10,4)13(9,2)3/h9-10H,5-8H2,1-4H3,(H,15,16)/t9-,10+,14+/m0/s1. The third-order valence-electron chi connectivity index (χ3n) is 5.49. The summed E-state index contributed by atoms with van der Waals surface area (Å²) in [7, 11) is 0. The van der Waals surface area contributed by atoms with E-state index in [-0.39, 0.29) is 16.9 Å². The predicted molar refractivity (Wildman–Crippen MR) is 67.8 cm³/mol. The van der Waals surface area contributed by atoms with Crippen molar-refractivity contribution in [1.82, 2.24) is 5.32 Å². The Morgan fingerprint density at radius 1 is 1.33 bits per heavy atom. The Kier molecular flexibility index (Phi) is 3.16. The average molecular weight is 253 g/mol. The Hall–Kier alpha value is -1.06. The van der Waals surface area contributed by atoms with E-state index < -0.39 is 11.9 Å². The third kappa shape index (κ3) is 1.73. The van der Waals surface area contributed by atoms with Crippen LogP contribution in [0.4, 0.5) is 0 Å². The van der Waals surface area contributed by atoms with Crippen molar-refractivity contribution < 1.29 is 14.3 Å². The van der Waals surface area contributed by atoms with Crippen molar-refractivity contribution >= 4 is 11.9 Å². The second-order valence-electron chi connectivity index (χ2n) is 6.36. The molecule has 0 unspecified atom stereocenters. The van der Waals surface area contributed by atoms with Crippen LogP contribution in [0.1, 0.15) is 47.0 Å². The van der Waals surface area contributed by atoms with Gasteiger partial charge in [-0.25, -0.2) is 4.79 Å². The molecule has 0 saturated heterocycles. The van der Waals surface area contributed by atoms with Crippen LogP contribution in [0, 0.1) is 16.7 Å². The molecule has 18 heavy (non-hydrogen) atoms. The van der Waals surface area contributed by atoms with Crippen LogP contribution in [0.15, 0.2) is 0 Å². The zero-order chi connectivity index (χ0) is 13.6. The molecule has 2 bridgehead atoms. The summed E-state index contributed by atoms with van der Waals surface area (Å²) in [6, 6.07) is 0. The molecule has 102 valence electrons. The maximum atomic E-state index is 11.7. The van der Waals surface area contributed by atoms with Gasteiger partial charge < -0.3 is 10.1 Å². The maximum Gasteiger partial charge on any atom is 0.397 e. The predicted octanol–water partition coefficient (Wildman–Crippen LogP) is 1.88. The van der Waals surface area contributed by atoms with Crippen LogP contribution in [0.25, 0.3) is 0 Å². The molecule has 4 heteroatoms. The molecule has 0 heterocycles. The van der Waals surface area contributed by atoms with Crippen molar-refractivity contribution in [2.24, 2.45) is 16.7 Å². The van der Waals surface area contributed by atoms with Crippen molar-refractivity contribution in [2.45, 2.75) is 53.1 Å². The zero-order valence-electron chi connectivity index (χ0n) is 11.7. The highest BCUT2D eigenvalue weighted by atomic mass is 16.6. The highest BCUT2D eigenvalue weighted by molar-refractivity contribution is 6.32. The van der Waals surface area contributed by atoms with Gasteiger partial charge in [-0.3, -0.25) is 4.79 Å². The zero-order valence-corrected chi connectivity index (χ0v) is 11.7. The Morgan fingerprint density at radius 3 is 2.44 bits per heavy atom. The molecule has 2 fully saturated rings. The maximum absolute atomic E-state index is 11.7. The number of rotatable bonds is 2. The minimum Gasteiger partial charge on any atom is -0.455 e. The fraction of sp³-hybridized carbons (Fsp3) is 0.857. The monoisotopic (exact) mass is 253 g/mol. The molecule has 1 N–H and O–H groups in total. The lowest BCUT2D eigenvalue weighted by Gasteiger charge is -2.38. The number of likely N-dealkylation sites (N-methyl/N-ethyl adjacent to an activating group) is 1. The van der Waals surface area contributed by atoms with Gasteiger partial charge in [0.2, 0.25) is 0 Å². The van der Waals surface area contributed by atoms with Crippen LogP contribution in [0.2, 0.25) is 0 Å². The van der Waals surface area contributed by atoms with Gasteiger partial charge >= 0.3 is 11.9 Å². The van der Waals surface area contributed by atoms with Gasteiger partial charge in [-0.2, -0.15) is 0 Å². The molecule has 0 aromatic heterocycles. The molecule has 2 saturated carbocycles. The molecule has 0 aromatic carbocycles. The van der Waals surface area contributed by atoms with Crippen LogP contribution in [-0.2, 0) is 14.3 Å². The van der Waals surface area contributed by atoms with Gasteiger partial charge in [-0.1, -0.05) is 20.8 Å². The van der Waals surface area contributed by atoms with Gasteiger partial charge in [0.1, 0.15) is 6.10 Å². The van der Waals surface area contributed by atoms with Crippen molar-refractivity contribution in [2.75, 3.05) is 6.54 Å². The van der Waals surface area contributed by atoms with E-state index in [4.69, 9.17) is 4.74 Å². The second-order valence-corrected chi connectivity index (χ2v) is 6.36. The minimum atomic E-state index is -0.730. The van der Waals surface area contributed by atoms with Crippen LogP contribution < -0.4 is 5.32 Å². The lowest BCUT2D eigenvalue weighted by molar-refractivity contribution is -0.164. The molecule has 2 aliphatic rings. The third-order valence-corrected chi connectivity index (χ3v) is 5.49. The van der Waals surface area contributed by atoms with E-state index in [2.05, 4.69) is 26.1 Å². The Morgan fingerprint density at radius 2 is 2.00 bits per heavy atom. The molecule has 2 aliphatic carbocycles. The van der Waals surface area contributed by atoms with E-state index in [1.54, 1.807) is 6.92 Å². The number of carbonyl (C=O) groups is 2. The number of fused-ring (bicyclic) bond motifs is 2. The van der Waals surface area contributed by atoms with Gasteiger partial charge in [0.05, 0.1) is 0 Å². The van der Waals surface area contributed by atoms with Crippen LogP contribution in [-0.4, -0.2) is 24.5 Å². The van der Waals surface area contributed by atoms with Gasteiger partial charge in [0.25, 0.3) is 0 Å². The molecular weight excluding hydrogens is 230 g/mol. The lowest BCUT2D eigenvalue weighted by atomic mass is 9.70. The van der Waals surface area contributed by atoms with Gasteiger partial charge in [-0.05, 0) is 37.5 Å². The summed E-state index contributed by atoms with van der Waals surface area (Å²) in [5.74, 6) is -0.748. The number of esters is 1. The van der Waals surface area contributed by atoms with Crippen LogP contribution >= 0.6 is 0 Å². The summed E-state index contributed by atoms with van der Waals surface area (Å²) < 4.78 is 5.45. The molecule has 0 radical (unpaired) electrons. The van der Waals surface area contributed by atoms with Crippen molar-refractivity contribution in [3.8, 4) is 0 Å². The summed E-state index contributed by atoms with van der Waals surface area (Å²) in [6.07, 6.45) is 3.08. The minimum absolute atomic E-state index is 0.0137. The number of nitrogens with one attached hydrogen (secondary N) is 1. The SMILES string of the molecule is CCNC(=O)C(=O)O[C@@H]1C[C@@H]2CC[C@@]1(C)C2(C)C. The largest absolute Gasteiger partial charge is 0.455 e. The fourth-order valence-corrected chi connectivity index (χ4v) is 3.72. The summed E-state index contributed by atoms with van der Waals surface area (Å²) in [5.41, 5.74) is 0.207. The van der Waals surface area contributed by atoms with E-state index in [1.807, 2.05) is 0 Å². The van der Waals surface area contributed by atoms with Crippen molar-refractivity contribution in [3.63, 3.8) is 0 Å². The fourth-order valence-electron chi connectivity index (χ4n) is 3.72. The van der Waals surface area contributed by atoms with E-state index in [9.17, 15) is 9.59 Å². The lowest BCUT2D eigenvalue weighted by Crippen LogP contribution is -2.41. The summed E-state index contributed by atoms with van der Waals surface area (Å²) in [5, 5.41) is 2.48. The number of hydrogen-bond donors (Lipinski definition) is 1. The summed E-state index contributed by atoms with van der Waals surface area (Å²) in [4.78, 5) is 23.1. The van der Waals surface area contributed by atoms with E-state index in [0.717, 1.165) is 12.8 Å². The first-order valence-electron chi connectivity index (χ1n) is 6.81. The quantitative estimate of drug-likeness (QED) is 0.604. The number of hydrogen-bond acceptors (Lipinski definition) is 3. The topological polar surface area (TPSA) is 55.4 Å². The van der Waals surface area contributed by atoms with Gasteiger partial charge in [-0.15, -0.1) is 0 Å². The summed E-state index contributed by atoms with van der Waals surface area (Å²) >= 11 is 0. The Bertz CT molecular complexity index is 377. The molecule has 4 nitrogen and oxygen atoms in total. The Labute approximate surface area is 108 Å². The highest BCUT2D eigenvalue weighted by Gasteiger charge is 2.63. The molecule has 0 aliphatic heterocycles. The number of ether oxygens (including phenoxy) is 1. The molecule has 0 aromatic rings. The average Bonchev–Trinajstić information content (AvgIpc) is 2.62. The van der Waals surface area contributed by atoms with Crippen LogP contribution in [0.3, 0.4) is 0 Å². The molecule has 2 rings (SSSR count). The molecular formula is C14H23NO3.